The number of pyridine rings is 1. The van der Waals surface area contributed by atoms with Gasteiger partial charge in [0, 0.05) is 23.7 Å². The number of ketones is 1. The standard InChI is InChI=1S/C13H17NO3/c1-3-9(2)13(15)10-4-5-12(14-6-10)17-11-7-16-8-11/h4-6,9,11H,3,7-8H2,1-2H3/t9-/m1/s1. The highest BCUT2D eigenvalue weighted by molar-refractivity contribution is 5.97. The van der Waals surface area contributed by atoms with Crippen molar-refractivity contribution in [1.29, 1.82) is 0 Å². The second-order valence-electron chi connectivity index (χ2n) is 4.34. The molecule has 0 bridgehead atoms. The number of hydrogen-bond acceptors (Lipinski definition) is 4. The van der Waals surface area contributed by atoms with Gasteiger partial charge in [-0.1, -0.05) is 13.8 Å². The van der Waals surface area contributed by atoms with Gasteiger partial charge < -0.3 is 9.47 Å². The Morgan fingerprint density at radius 1 is 1.59 bits per heavy atom. The first-order chi connectivity index (χ1) is 8.20. The number of carbonyl (C=O) groups excluding carboxylic acids is 1. The number of hydrogen-bond donors (Lipinski definition) is 0. The normalized spacial score (nSPS) is 17.3. The lowest BCUT2D eigenvalue weighted by atomic mass is 9.98. The summed E-state index contributed by atoms with van der Waals surface area (Å²) >= 11 is 0. The lowest BCUT2D eigenvalue weighted by Crippen LogP contribution is -2.38. The molecule has 0 unspecified atom stereocenters. The van der Waals surface area contributed by atoms with Crippen molar-refractivity contribution in [2.24, 2.45) is 5.92 Å². The van der Waals surface area contributed by atoms with E-state index in [1.165, 1.54) is 0 Å². The molecular formula is C13H17NO3. The molecule has 1 fully saturated rings. The third kappa shape index (κ3) is 2.82. The third-order valence-electron chi connectivity index (χ3n) is 2.98. The van der Waals surface area contributed by atoms with E-state index in [1.807, 2.05) is 13.8 Å². The van der Waals surface area contributed by atoms with E-state index in [2.05, 4.69) is 4.98 Å². The SMILES string of the molecule is CC[C@@H](C)C(=O)c1ccc(OC2COC2)nc1. The van der Waals surface area contributed by atoms with E-state index >= 15 is 0 Å². The molecule has 0 saturated carbocycles. The van der Waals surface area contributed by atoms with E-state index < -0.39 is 0 Å². The summed E-state index contributed by atoms with van der Waals surface area (Å²) < 4.78 is 10.5. The Hall–Kier alpha value is -1.42. The van der Waals surface area contributed by atoms with Gasteiger partial charge in [-0.05, 0) is 12.5 Å². The van der Waals surface area contributed by atoms with Gasteiger partial charge in [0.2, 0.25) is 5.88 Å². The van der Waals surface area contributed by atoms with Crippen molar-refractivity contribution in [2.75, 3.05) is 13.2 Å². The van der Waals surface area contributed by atoms with Crippen LogP contribution in [0, 0.1) is 5.92 Å². The zero-order valence-electron chi connectivity index (χ0n) is 10.2. The minimum absolute atomic E-state index is 0.0450. The van der Waals surface area contributed by atoms with E-state index in [0.717, 1.165) is 6.42 Å². The average molecular weight is 235 g/mol. The number of carbonyl (C=O) groups is 1. The summed E-state index contributed by atoms with van der Waals surface area (Å²) in [7, 11) is 0. The molecule has 0 N–H and O–H groups in total. The van der Waals surface area contributed by atoms with Gasteiger partial charge in [0.05, 0.1) is 13.2 Å². The van der Waals surface area contributed by atoms with E-state index in [0.29, 0.717) is 24.7 Å². The Morgan fingerprint density at radius 2 is 2.35 bits per heavy atom. The summed E-state index contributed by atoms with van der Waals surface area (Å²) in [6.45, 7) is 5.17. The Bertz CT molecular complexity index is 384. The minimum atomic E-state index is 0.0450. The van der Waals surface area contributed by atoms with Crippen LogP contribution in [0.5, 0.6) is 5.88 Å². The van der Waals surface area contributed by atoms with Crippen LogP contribution in [-0.2, 0) is 4.74 Å². The van der Waals surface area contributed by atoms with Crippen molar-refractivity contribution >= 4 is 5.78 Å². The summed E-state index contributed by atoms with van der Waals surface area (Å²) in [5.41, 5.74) is 0.650. The largest absolute Gasteiger partial charge is 0.469 e. The van der Waals surface area contributed by atoms with Crippen LogP contribution in [0.15, 0.2) is 18.3 Å². The Kier molecular flexibility index (Phi) is 3.74. The lowest BCUT2D eigenvalue weighted by molar-refractivity contribution is -0.0813. The Morgan fingerprint density at radius 3 is 2.82 bits per heavy atom. The summed E-state index contributed by atoms with van der Waals surface area (Å²) in [5, 5.41) is 0. The maximum atomic E-state index is 11.9. The predicted octanol–water partition coefficient (Wildman–Crippen LogP) is 2.09. The molecule has 4 heteroatoms. The monoisotopic (exact) mass is 235 g/mol. The van der Waals surface area contributed by atoms with E-state index in [1.54, 1.807) is 18.3 Å². The van der Waals surface area contributed by atoms with Crippen LogP contribution < -0.4 is 4.74 Å². The van der Waals surface area contributed by atoms with Crippen LogP contribution >= 0.6 is 0 Å². The van der Waals surface area contributed by atoms with Gasteiger partial charge in [0.25, 0.3) is 0 Å². The summed E-state index contributed by atoms with van der Waals surface area (Å²) in [5.74, 6) is 0.737. The molecule has 1 aromatic heterocycles. The van der Waals surface area contributed by atoms with E-state index in [9.17, 15) is 4.79 Å². The number of ether oxygens (including phenoxy) is 2. The highest BCUT2D eigenvalue weighted by Crippen LogP contribution is 2.16. The van der Waals surface area contributed by atoms with Crippen LogP contribution in [0.25, 0.3) is 0 Å². The zero-order chi connectivity index (χ0) is 12.3. The van der Waals surface area contributed by atoms with Gasteiger partial charge in [0.1, 0.15) is 6.10 Å². The maximum absolute atomic E-state index is 11.9. The maximum Gasteiger partial charge on any atom is 0.213 e. The fraction of sp³-hybridized carbons (Fsp3) is 0.538. The van der Waals surface area contributed by atoms with Gasteiger partial charge >= 0.3 is 0 Å². The number of rotatable bonds is 5. The van der Waals surface area contributed by atoms with E-state index in [-0.39, 0.29) is 17.8 Å². The number of nitrogens with zero attached hydrogens (tertiary/aromatic N) is 1. The molecule has 0 aliphatic carbocycles. The minimum Gasteiger partial charge on any atom is -0.469 e. The number of aromatic nitrogens is 1. The molecule has 0 radical (unpaired) electrons. The summed E-state index contributed by atoms with van der Waals surface area (Å²) in [4.78, 5) is 16.0. The molecule has 92 valence electrons. The smallest absolute Gasteiger partial charge is 0.213 e. The van der Waals surface area contributed by atoms with Gasteiger partial charge in [-0.25, -0.2) is 4.98 Å². The number of Topliss-reactive ketones (excluding diaryl/α,β-unsaturated/α-hetero) is 1. The van der Waals surface area contributed by atoms with Crippen molar-refractivity contribution in [2.45, 2.75) is 26.4 Å². The molecular weight excluding hydrogens is 218 g/mol. The second kappa shape index (κ2) is 5.27. The fourth-order valence-electron chi connectivity index (χ4n) is 1.52. The lowest BCUT2D eigenvalue weighted by Gasteiger charge is -2.26. The Labute approximate surface area is 101 Å². The molecule has 1 aliphatic rings. The van der Waals surface area contributed by atoms with Crippen molar-refractivity contribution in [3.63, 3.8) is 0 Å². The second-order valence-corrected chi connectivity index (χ2v) is 4.34. The molecule has 1 aromatic rings. The fourth-order valence-corrected chi connectivity index (χ4v) is 1.52. The van der Waals surface area contributed by atoms with Crippen molar-refractivity contribution in [1.82, 2.24) is 4.98 Å². The average Bonchev–Trinajstić information content (AvgIpc) is 2.32. The quantitative estimate of drug-likeness (QED) is 0.733. The van der Waals surface area contributed by atoms with Crippen LogP contribution in [-0.4, -0.2) is 30.1 Å². The summed E-state index contributed by atoms with van der Waals surface area (Å²) in [6.07, 6.45) is 2.54. The van der Waals surface area contributed by atoms with Gasteiger partial charge in [0.15, 0.2) is 5.78 Å². The van der Waals surface area contributed by atoms with Gasteiger partial charge in [-0.3, -0.25) is 4.79 Å². The predicted molar refractivity (Wildman–Crippen MR) is 63.3 cm³/mol. The molecule has 0 spiro atoms. The van der Waals surface area contributed by atoms with Crippen LogP contribution in [0.4, 0.5) is 0 Å². The molecule has 1 aliphatic heterocycles. The molecule has 0 aromatic carbocycles. The highest BCUT2D eigenvalue weighted by Gasteiger charge is 2.21. The molecule has 2 heterocycles. The topological polar surface area (TPSA) is 48.4 Å². The first kappa shape index (κ1) is 12.0. The molecule has 0 amide bonds. The van der Waals surface area contributed by atoms with Crippen LogP contribution in [0.3, 0.4) is 0 Å². The summed E-state index contributed by atoms with van der Waals surface area (Å²) in [6, 6.07) is 3.52. The molecule has 1 saturated heterocycles. The first-order valence-electron chi connectivity index (χ1n) is 5.95. The molecule has 1 atom stereocenters. The van der Waals surface area contributed by atoms with Crippen molar-refractivity contribution < 1.29 is 14.3 Å². The first-order valence-corrected chi connectivity index (χ1v) is 5.95. The van der Waals surface area contributed by atoms with Crippen molar-refractivity contribution in [3.05, 3.63) is 23.9 Å². The van der Waals surface area contributed by atoms with Gasteiger partial charge in [-0.2, -0.15) is 0 Å². The Balaban J connectivity index is 1.99. The molecule has 2 rings (SSSR count). The zero-order valence-corrected chi connectivity index (χ0v) is 10.2. The van der Waals surface area contributed by atoms with E-state index in [4.69, 9.17) is 9.47 Å². The third-order valence-corrected chi connectivity index (χ3v) is 2.98. The van der Waals surface area contributed by atoms with Crippen molar-refractivity contribution in [3.8, 4) is 5.88 Å². The van der Waals surface area contributed by atoms with Gasteiger partial charge in [-0.15, -0.1) is 0 Å². The van der Waals surface area contributed by atoms with Crippen LogP contribution in [0.1, 0.15) is 30.6 Å². The van der Waals surface area contributed by atoms with Crippen LogP contribution in [0.2, 0.25) is 0 Å². The molecule has 4 nitrogen and oxygen atoms in total. The highest BCUT2D eigenvalue weighted by atomic mass is 16.6. The molecule has 17 heavy (non-hydrogen) atoms.